The van der Waals surface area contributed by atoms with Crippen LogP contribution in [0.1, 0.15) is 31.2 Å². The van der Waals surface area contributed by atoms with Gasteiger partial charge in [0.1, 0.15) is 12.4 Å². The molecule has 5 heteroatoms. The number of carboxylic acid groups (broad SMARTS) is 1. The Morgan fingerprint density at radius 3 is 2.41 bits per heavy atom. The van der Waals surface area contributed by atoms with Gasteiger partial charge in [0.05, 0.1) is 12.0 Å². The Bertz CT molecular complexity index is 534. The summed E-state index contributed by atoms with van der Waals surface area (Å²) in [5, 5.41) is 9.27. The molecule has 0 bridgehead atoms. The second kappa shape index (κ2) is 6.81. The quantitative estimate of drug-likeness (QED) is 0.840. The number of carbonyl (C=O) groups is 2. The molecule has 0 aliphatic heterocycles. The second-order valence-electron chi connectivity index (χ2n) is 6.09. The van der Waals surface area contributed by atoms with E-state index in [0.717, 1.165) is 12.2 Å². The van der Waals surface area contributed by atoms with Gasteiger partial charge in [-0.3, -0.25) is 9.59 Å². The van der Waals surface area contributed by atoms with E-state index in [1.807, 2.05) is 31.2 Å². The van der Waals surface area contributed by atoms with Gasteiger partial charge in [0.25, 0.3) is 0 Å². The van der Waals surface area contributed by atoms with Crippen LogP contribution in [-0.4, -0.2) is 42.1 Å². The molecule has 1 amide bonds. The summed E-state index contributed by atoms with van der Waals surface area (Å²) >= 11 is 0. The van der Waals surface area contributed by atoms with E-state index in [4.69, 9.17) is 4.74 Å². The van der Waals surface area contributed by atoms with E-state index < -0.39 is 11.4 Å². The second-order valence-corrected chi connectivity index (χ2v) is 6.09. The Morgan fingerprint density at radius 1 is 1.27 bits per heavy atom. The van der Waals surface area contributed by atoms with Gasteiger partial charge < -0.3 is 14.7 Å². The van der Waals surface area contributed by atoms with Crippen LogP contribution in [0.4, 0.5) is 0 Å². The predicted molar refractivity (Wildman–Crippen MR) is 82.8 cm³/mol. The van der Waals surface area contributed by atoms with Gasteiger partial charge in [0, 0.05) is 13.5 Å². The van der Waals surface area contributed by atoms with Crippen molar-refractivity contribution in [3.63, 3.8) is 0 Å². The standard InChI is InChI=1S/C17H23NO4/c1-13-4-6-14(7-5-13)22-11-10-18(2)15(19)12-17(16(20)21)8-3-9-17/h4-7H,3,8-12H2,1-2H3,(H,20,21). The number of aryl methyl sites for hydroxylation is 1. The van der Waals surface area contributed by atoms with Crippen molar-refractivity contribution in [3.8, 4) is 5.75 Å². The first kappa shape index (κ1) is 16.3. The van der Waals surface area contributed by atoms with Crippen molar-refractivity contribution >= 4 is 11.9 Å². The molecule has 0 atom stereocenters. The van der Waals surface area contributed by atoms with Crippen LogP contribution in [0.3, 0.4) is 0 Å². The minimum Gasteiger partial charge on any atom is -0.492 e. The summed E-state index contributed by atoms with van der Waals surface area (Å²) in [7, 11) is 1.69. The number of carboxylic acids is 1. The topological polar surface area (TPSA) is 66.8 Å². The zero-order chi connectivity index (χ0) is 16.2. The third kappa shape index (κ3) is 3.78. The van der Waals surface area contributed by atoms with Crippen molar-refractivity contribution in [1.29, 1.82) is 0 Å². The molecule has 1 saturated carbocycles. The molecule has 1 aliphatic rings. The van der Waals surface area contributed by atoms with Crippen molar-refractivity contribution < 1.29 is 19.4 Å². The van der Waals surface area contributed by atoms with Crippen LogP contribution in [0.5, 0.6) is 5.75 Å². The highest BCUT2D eigenvalue weighted by atomic mass is 16.5. The van der Waals surface area contributed by atoms with Crippen molar-refractivity contribution in [2.45, 2.75) is 32.6 Å². The zero-order valence-corrected chi connectivity index (χ0v) is 13.2. The molecule has 0 heterocycles. The van der Waals surface area contributed by atoms with Crippen molar-refractivity contribution in [2.24, 2.45) is 5.41 Å². The van der Waals surface area contributed by atoms with Gasteiger partial charge in [-0.25, -0.2) is 0 Å². The van der Waals surface area contributed by atoms with Crippen LogP contribution in [-0.2, 0) is 9.59 Å². The first-order chi connectivity index (χ1) is 10.4. The number of nitrogens with zero attached hydrogens (tertiary/aromatic N) is 1. The zero-order valence-electron chi connectivity index (χ0n) is 13.2. The molecule has 120 valence electrons. The number of amides is 1. The summed E-state index contributed by atoms with van der Waals surface area (Å²) in [5.74, 6) is -0.210. The van der Waals surface area contributed by atoms with E-state index in [9.17, 15) is 14.7 Å². The monoisotopic (exact) mass is 305 g/mol. The van der Waals surface area contributed by atoms with Crippen molar-refractivity contribution in [3.05, 3.63) is 29.8 Å². The van der Waals surface area contributed by atoms with Gasteiger partial charge in [-0.2, -0.15) is 0 Å². The minimum absolute atomic E-state index is 0.0867. The molecule has 0 aromatic heterocycles. The first-order valence-corrected chi connectivity index (χ1v) is 7.60. The summed E-state index contributed by atoms with van der Waals surface area (Å²) in [6.45, 7) is 2.85. The van der Waals surface area contributed by atoms with Crippen LogP contribution in [0, 0.1) is 12.3 Å². The van der Waals surface area contributed by atoms with Crippen LogP contribution in [0.15, 0.2) is 24.3 Å². The molecule has 22 heavy (non-hydrogen) atoms. The molecule has 1 fully saturated rings. The maximum Gasteiger partial charge on any atom is 0.310 e. The summed E-state index contributed by atoms with van der Waals surface area (Å²) in [5.41, 5.74) is 0.336. The summed E-state index contributed by atoms with van der Waals surface area (Å²) in [6.07, 6.45) is 2.17. The Balaban J connectivity index is 1.77. The normalized spacial score (nSPS) is 15.7. The molecule has 0 spiro atoms. The molecule has 1 aromatic rings. The van der Waals surface area contributed by atoms with Gasteiger partial charge in [-0.1, -0.05) is 24.1 Å². The molecule has 0 saturated heterocycles. The molecular weight excluding hydrogens is 282 g/mol. The van der Waals surface area contributed by atoms with E-state index in [0.29, 0.717) is 26.0 Å². The molecule has 0 unspecified atom stereocenters. The van der Waals surface area contributed by atoms with E-state index in [1.165, 1.54) is 5.56 Å². The van der Waals surface area contributed by atoms with Crippen molar-refractivity contribution in [2.75, 3.05) is 20.2 Å². The highest BCUT2D eigenvalue weighted by Gasteiger charge is 2.46. The summed E-state index contributed by atoms with van der Waals surface area (Å²) in [6, 6.07) is 7.73. The molecule has 2 rings (SSSR count). The molecule has 1 N–H and O–H groups in total. The molecule has 5 nitrogen and oxygen atoms in total. The fourth-order valence-corrected chi connectivity index (χ4v) is 2.55. The maximum absolute atomic E-state index is 12.1. The Labute approximate surface area is 130 Å². The van der Waals surface area contributed by atoms with Gasteiger partial charge >= 0.3 is 5.97 Å². The lowest BCUT2D eigenvalue weighted by atomic mass is 9.66. The SMILES string of the molecule is Cc1ccc(OCCN(C)C(=O)CC2(C(=O)O)CCC2)cc1. The molecule has 1 aliphatic carbocycles. The van der Waals surface area contributed by atoms with Crippen molar-refractivity contribution in [1.82, 2.24) is 4.90 Å². The lowest BCUT2D eigenvalue weighted by Crippen LogP contribution is -2.43. The summed E-state index contributed by atoms with van der Waals surface area (Å²) < 4.78 is 5.59. The lowest BCUT2D eigenvalue weighted by molar-refractivity contribution is -0.159. The average molecular weight is 305 g/mol. The number of rotatable bonds is 7. The third-order valence-corrected chi connectivity index (χ3v) is 4.40. The van der Waals surface area contributed by atoms with E-state index in [-0.39, 0.29) is 12.3 Å². The average Bonchev–Trinajstić information content (AvgIpc) is 2.44. The lowest BCUT2D eigenvalue weighted by Gasteiger charge is -2.37. The number of benzene rings is 1. The minimum atomic E-state index is -0.851. The fraction of sp³-hybridized carbons (Fsp3) is 0.529. The van der Waals surface area contributed by atoms with E-state index >= 15 is 0 Å². The fourth-order valence-electron chi connectivity index (χ4n) is 2.55. The van der Waals surface area contributed by atoms with Crippen LogP contribution >= 0.6 is 0 Å². The number of aliphatic carboxylic acids is 1. The highest BCUT2D eigenvalue weighted by Crippen LogP contribution is 2.44. The van der Waals surface area contributed by atoms with Crippen LogP contribution < -0.4 is 4.74 Å². The van der Waals surface area contributed by atoms with Gasteiger partial charge in [0.2, 0.25) is 5.91 Å². The number of ether oxygens (including phenoxy) is 1. The highest BCUT2D eigenvalue weighted by molar-refractivity contribution is 5.85. The number of carbonyl (C=O) groups excluding carboxylic acids is 1. The van der Waals surface area contributed by atoms with Crippen LogP contribution in [0.25, 0.3) is 0 Å². The Kier molecular flexibility index (Phi) is 5.06. The van der Waals surface area contributed by atoms with E-state index in [2.05, 4.69) is 0 Å². The van der Waals surface area contributed by atoms with Gasteiger partial charge in [0.15, 0.2) is 0 Å². The molecule has 1 aromatic carbocycles. The summed E-state index contributed by atoms with van der Waals surface area (Å²) in [4.78, 5) is 25.0. The maximum atomic E-state index is 12.1. The number of hydrogen-bond acceptors (Lipinski definition) is 3. The Morgan fingerprint density at radius 2 is 1.91 bits per heavy atom. The van der Waals surface area contributed by atoms with Gasteiger partial charge in [-0.05, 0) is 31.9 Å². The molecule has 0 radical (unpaired) electrons. The number of likely N-dealkylation sites (N-methyl/N-ethyl adjacent to an activating group) is 1. The molecular formula is C17H23NO4. The smallest absolute Gasteiger partial charge is 0.310 e. The predicted octanol–water partition coefficient (Wildman–Crippen LogP) is 2.48. The van der Waals surface area contributed by atoms with E-state index in [1.54, 1.807) is 11.9 Å². The van der Waals surface area contributed by atoms with Gasteiger partial charge in [-0.15, -0.1) is 0 Å². The number of hydrogen-bond donors (Lipinski definition) is 1. The van der Waals surface area contributed by atoms with Crippen LogP contribution in [0.2, 0.25) is 0 Å². The largest absolute Gasteiger partial charge is 0.492 e. The Hall–Kier alpha value is -2.04. The first-order valence-electron chi connectivity index (χ1n) is 7.60. The third-order valence-electron chi connectivity index (χ3n) is 4.40.